The van der Waals surface area contributed by atoms with Gasteiger partial charge in [0.15, 0.2) is 5.13 Å². The van der Waals surface area contributed by atoms with Gasteiger partial charge in [0.25, 0.3) is 0 Å². The molecule has 156 valence electrons. The summed E-state index contributed by atoms with van der Waals surface area (Å²) >= 11 is 9.05. The Hall–Kier alpha value is -1.31. The standard InChI is InChI=1S/C21H24ClN3OS2.ClH/c1-14-11-15(2)20-18(12-14)28-21(23-20)25(10-9-24(3)4)19(26)13-27-17-7-5-16(22)6-8-17;/h5-8,11-12H,9-10,13H2,1-4H3;1H. The zero-order chi connectivity index (χ0) is 20.3. The van der Waals surface area contributed by atoms with E-state index in [0.717, 1.165) is 32.4 Å². The normalized spacial score (nSPS) is 11.0. The number of likely N-dealkylation sites (N-methyl/N-ethyl adjacent to an activating group) is 1. The molecule has 0 saturated heterocycles. The fourth-order valence-electron chi connectivity index (χ4n) is 2.86. The number of hydrogen-bond acceptors (Lipinski definition) is 5. The third kappa shape index (κ3) is 6.33. The van der Waals surface area contributed by atoms with E-state index in [9.17, 15) is 4.79 Å². The van der Waals surface area contributed by atoms with E-state index in [-0.39, 0.29) is 18.3 Å². The largest absolute Gasteiger partial charge is 0.308 e. The molecule has 1 heterocycles. The van der Waals surface area contributed by atoms with Gasteiger partial charge in [0.05, 0.1) is 16.0 Å². The van der Waals surface area contributed by atoms with Gasteiger partial charge >= 0.3 is 0 Å². The highest BCUT2D eigenvalue weighted by Gasteiger charge is 2.20. The zero-order valence-electron chi connectivity index (χ0n) is 16.9. The molecule has 0 bridgehead atoms. The van der Waals surface area contributed by atoms with Gasteiger partial charge in [-0.3, -0.25) is 9.69 Å². The molecule has 0 aliphatic carbocycles. The van der Waals surface area contributed by atoms with Crippen molar-refractivity contribution in [3.63, 3.8) is 0 Å². The van der Waals surface area contributed by atoms with E-state index in [2.05, 4.69) is 30.9 Å². The van der Waals surface area contributed by atoms with Crippen LogP contribution in [0.2, 0.25) is 5.02 Å². The molecular weight excluding hydrogens is 445 g/mol. The van der Waals surface area contributed by atoms with Crippen LogP contribution in [-0.2, 0) is 4.79 Å². The predicted molar refractivity (Wildman–Crippen MR) is 129 cm³/mol. The van der Waals surface area contributed by atoms with Gasteiger partial charge in [0, 0.05) is 23.0 Å². The molecule has 0 atom stereocenters. The van der Waals surface area contributed by atoms with Crippen molar-refractivity contribution in [3.05, 3.63) is 52.5 Å². The van der Waals surface area contributed by atoms with E-state index >= 15 is 0 Å². The Bertz CT molecular complexity index is 974. The molecule has 0 aliphatic rings. The molecule has 29 heavy (non-hydrogen) atoms. The van der Waals surface area contributed by atoms with Crippen molar-refractivity contribution in [1.29, 1.82) is 0 Å². The summed E-state index contributed by atoms with van der Waals surface area (Å²) < 4.78 is 1.13. The quantitative estimate of drug-likeness (QED) is 0.417. The second kappa shape index (κ2) is 10.6. The molecule has 0 spiro atoms. The second-order valence-corrected chi connectivity index (χ2v) is 9.51. The second-order valence-electron chi connectivity index (χ2n) is 7.02. The molecular formula is C21H25Cl2N3OS2. The Labute approximate surface area is 191 Å². The van der Waals surface area contributed by atoms with Crippen LogP contribution in [0.25, 0.3) is 10.2 Å². The highest BCUT2D eigenvalue weighted by Crippen LogP contribution is 2.32. The van der Waals surface area contributed by atoms with E-state index in [1.165, 1.54) is 17.3 Å². The number of amides is 1. The van der Waals surface area contributed by atoms with Crippen LogP contribution >= 0.6 is 47.1 Å². The average molecular weight is 470 g/mol. The molecule has 1 amide bonds. The molecule has 0 unspecified atom stereocenters. The van der Waals surface area contributed by atoms with Crippen molar-refractivity contribution >= 4 is 68.4 Å². The number of halogens is 2. The number of aromatic nitrogens is 1. The summed E-state index contributed by atoms with van der Waals surface area (Å²) in [5, 5.41) is 1.47. The van der Waals surface area contributed by atoms with Crippen LogP contribution in [-0.4, -0.2) is 48.7 Å². The maximum absolute atomic E-state index is 13.1. The number of thioether (sulfide) groups is 1. The van der Waals surface area contributed by atoms with Crippen molar-refractivity contribution in [2.45, 2.75) is 18.7 Å². The van der Waals surface area contributed by atoms with Gasteiger partial charge in [0.2, 0.25) is 5.91 Å². The third-order valence-electron chi connectivity index (χ3n) is 4.30. The molecule has 8 heteroatoms. The van der Waals surface area contributed by atoms with E-state index in [0.29, 0.717) is 17.3 Å². The van der Waals surface area contributed by atoms with Crippen LogP contribution in [0.3, 0.4) is 0 Å². The van der Waals surface area contributed by atoms with Crippen LogP contribution in [0, 0.1) is 13.8 Å². The highest BCUT2D eigenvalue weighted by molar-refractivity contribution is 8.00. The summed E-state index contributed by atoms with van der Waals surface area (Å²) in [6, 6.07) is 11.8. The Morgan fingerprint density at radius 1 is 1.14 bits per heavy atom. The number of carbonyl (C=O) groups is 1. The predicted octanol–water partition coefficient (Wildman–Crippen LogP) is 5.68. The molecule has 0 N–H and O–H groups in total. The number of anilines is 1. The molecule has 4 nitrogen and oxygen atoms in total. The van der Waals surface area contributed by atoms with Gasteiger partial charge in [-0.05, 0) is 69.4 Å². The minimum absolute atomic E-state index is 0. The molecule has 0 fully saturated rings. The van der Waals surface area contributed by atoms with Gasteiger partial charge in [-0.1, -0.05) is 29.0 Å². The van der Waals surface area contributed by atoms with Crippen molar-refractivity contribution in [2.75, 3.05) is 37.8 Å². The number of rotatable bonds is 7. The Balaban J connectivity index is 0.00000300. The smallest absolute Gasteiger partial charge is 0.239 e. The summed E-state index contributed by atoms with van der Waals surface area (Å²) in [4.78, 5) is 22.8. The van der Waals surface area contributed by atoms with Crippen molar-refractivity contribution in [1.82, 2.24) is 9.88 Å². The number of benzene rings is 2. The zero-order valence-corrected chi connectivity index (χ0v) is 20.1. The lowest BCUT2D eigenvalue weighted by Crippen LogP contribution is -2.37. The van der Waals surface area contributed by atoms with Crippen molar-refractivity contribution in [3.8, 4) is 0 Å². The Kier molecular flexibility index (Phi) is 8.79. The summed E-state index contributed by atoms with van der Waals surface area (Å²) in [6.45, 7) is 5.56. The number of thiazole rings is 1. The SMILES string of the molecule is Cc1cc(C)c2nc(N(CCN(C)C)C(=O)CSc3ccc(Cl)cc3)sc2c1.Cl. The molecule has 3 aromatic rings. The van der Waals surface area contributed by atoms with Crippen LogP contribution in [0.1, 0.15) is 11.1 Å². The first kappa shape index (κ1) is 24.0. The molecule has 3 rings (SSSR count). The van der Waals surface area contributed by atoms with E-state index in [1.807, 2.05) is 43.3 Å². The summed E-state index contributed by atoms with van der Waals surface area (Å²) in [5.74, 6) is 0.429. The van der Waals surface area contributed by atoms with Gasteiger partial charge in [-0.25, -0.2) is 4.98 Å². The van der Waals surface area contributed by atoms with Gasteiger partial charge in [0.1, 0.15) is 0 Å². The molecule has 2 aromatic carbocycles. The highest BCUT2D eigenvalue weighted by atomic mass is 35.5. The monoisotopic (exact) mass is 469 g/mol. The molecule has 0 saturated carbocycles. The van der Waals surface area contributed by atoms with Crippen LogP contribution < -0.4 is 4.90 Å². The lowest BCUT2D eigenvalue weighted by atomic mass is 10.1. The van der Waals surface area contributed by atoms with Gasteiger partial charge < -0.3 is 4.90 Å². The minimum Gasteiger partial charge on any atom is -0.308 e. The third-order valence-corrected chi connectivity index (χ3v) is 6.57. The van der Waals surface area contributed by atoms with Crippen molar-refractivity contribution < 1.29 is 4.79 Å². The van der Waals surface area contributed by atoms with Crippen LogP contribution in [0.4, 0.5) is 5.13 Å². The van der Waals surface area contributed by atoms with E-state index in [1.54, 1.807) is 11.3 Å². The topological polar surface area (TPSA) is 36.4 Å². The summed E-state index contributed by atoms with van der Waals surface area (Å²) in [6.07, 6.45) is 0. The number of fused-ring (bicyclic) bond motifs is 1. The number of hydrogen-bond donors (Lipinski definition) is 0. The fraction of sp³-hybridized carbons (Fsp3) is 0.333. The number of nitrogens with zero attached hydrogens (tertiary/aromatic N) is 3. The van der Waals surface area contributed by atoms with Crippen LogP contribution in [0.15, 0.2) is 41.3 Å². The fourth-order valence-corrected chi connectivity index (χ4v) is 4.94. The maximum Gasteiger partial charge on any atom is 0.239 e. The van der Waals surface area contributed by atoms with Gasteiger partial charge in [-0.15, -0.1) is 24.2 Å². The Morgan fingerprint density at radius 2 is 1.83 bits per heavy atom. The first-order valence-corrected chi connectivity index (χ1v) is 11.2. The van der Waals surface area contributed by atoms with Crippen molar-refractivity contribution in [2.24, 2.45) is 0 Å². The average Bonchev–Trinajstić information content (AvgIpc) is 3.05. The first-order valence-electron chi connectivity index (χ1n) is 9.05. The molecule has 1 aromatic heterocycles. The lowest BCUT2D eigenvalue weighted by molar-refractivity contribution is -0.116. The Morgan fingerprint density at radius 3 is 2.48 bits per heavy atom. The van der Waals surface area contributed by atoms with Gasteiger partial charge in [-0.2, -0.15) is 0 Å². The summed E-state index contributed by atoms with van der Waals surface area (Å²) in [7, 11) is 4.02. The maximum atomic E-state index is 13.1. The minimum atomic E-state index is 0. The number of carbonyl (C=O) groups excluding carboxylic acids is 1. The first-order chi connectivity index (χ1) is 13.3. The molecule has 0 aliphatic heterocycles. The number of aryl methyl sites for hydroxylation is 2. The van der Waals surface area contributed by atoms with E-state index in [4.69, 9.17) is 16.6 Å². The van der Waals surface area contributed by atoms with Crippen LogP contribution in [0.5, 0.6) is 0 Å². The summed E-state index contributed by atoms with van der Waals surface area (Å²) in [5.41, 5.74) is 3.34. The van der Waals surface area contributed by atoms with E-state index < -0.39 is 0 Å². The lowest BCUT2D eigenvalue weighted by Gasteiger charge is -2.21. The molecule has 0 radical (unpaired) electrons.